The topological polar surface area (TPSA) is 35.8 Å². The lowest BCUT2D eigenvalue weighted by Crippen LogP contribution is -2.22. The van der Waals surface area contributed by atoms with Gasteiger partial charge in [0.15, 0.2) is 0 Å². The summed E-state index contributed by atoms with van der Waals surface area (Å²) in [5, 5.41) is 13.0. The predicted octanol–water partition coefficient (Wildman–Crippen LogP) is 3.67. The van der Waals surface area contributed by atoms with Crippen LogP contribution in [0, 0.1) is 17.2 Å². The Balaban J connectivity index is 2.09. The lowest BCUT2D eigenvalue weighted by atomic mass is 10.1. The van der Waals surface area contributed by atoms with Crippen LogP contribution in [-0.2, 0) is 0 Å². The first-order valence-electron chi connectivity index (χ1n) is 5.28. The predicted molar refractivity (Wildman–Crippen MR) is 68.2 cm³/mol. The molecule has 4 heteroatoms. The molecule has 0 spiro atoms. The Morgan fingerprint density at radius 1 is 1.56 bits per heavy atom. The van der Waals surface area contributed by atoms with Crippen LogP contribution in [0.5, 0.6) is 0 Å². The van der Waals surface area contributed by atoms with Crippen molar-refractivity contribution in [2.24, 2.45) is 5.92 Å². The van der Waals surface area contributed by atoms with Crippen molar-refractivity contribution in [3.05, 3.63) is 33.3 Å². The van der Waals surface area contributed by atoms with E-state index in [0.717, 1.165) is 22.5 Å². The highest BCUT2D eigenvalue weighted by atomic mass is 79.9. The number of hydrogen-bond donors (Lipinski definition) is 1. The van der Waals surface area contributed by atoms with Gasteiger partial charge in [0.25, 0.3) is 0 Å². The van der Waals surface area contributed by atoms with Gasteiger partial charge in [0, 0.05) is 15.1 Å². The Hall–Kier alpha value is -0.560. The molecule has 1 aliphatic rings. The average molecular weight is 300 g/mol. The van der Waals surface area contributed by atoms with Gasteiger partial charge < -0.3 is 0 Å². The van der Waals surface area contributed by atoms with E-state index < -0.39 is 0 Å². The molecule has 2 rings (SSSR count). The van der Waals surface area contributed by atoms with Gasteiger partial charge in [-0.1, -0.05) is 33.6 Å². The number of benzene rings is 1. The molecular weight excluding hydrogens is 288 g/mol. The summed E-state index contributed by atoms with van der Waals surface area (Å²) >= 11 is 9.46. The average Bonchev–Trinajstić information content (AvgIpc) is 3.05. The van der Waals surface area contributed by atoms with E-state index in [-0.39, 0.29) is 6.04 Å². The van der Waals surface area contributed by atoms with Gasteiger partial charge >= 0.3 is 0 Å². The van der Waals surface area contributed by atoms with E-state index in [1.54, 1.807) is 0 Å². The lowest BCUT2D eigenvalue weighted by Gasteiger charge is -2.13. The van der Waals surface area contributed by atoms with Gasteiger partial charge in [-0.05, 0) is 37.4 Å². The first kappa shape index (κ1) is 11.9. The maximum absolute atomic E-state index is 9.12. The van der Waals surface area contributed by atoms with Crippen LogP contribution in [0.1, 0.15) is 24.4 Å². The Bertz CT molecular complexity index is 424. The molecule has 0 amide bonds. The van der Waals surface area contributed by atoms with Crippen molar-refractivity contribution in [2.45, 2.75) is 18.9 Å². The van der Waals surface area contributed by atoms with Crippen LogP contribution in [0.4, 0.5) is 0 Å². The molecule has 1 N–H and O–H groups in total. The molecule has 16 heavy (non-hydrogen) atoms. The van der Waals surface area contributed by atoms with E-state index in [2.05, 4.69) is 27.3 Å². The Labute approximate surface area is 109 Å². The molecule has 0 radical (unpaired) electrons. The number of halogens is 2. The summed E-state index contributed by atoms with van der Waals surface area (Å²) in [4.78, 5) is 0. The minimum Gasteiger partial charge on any atom is -0.298 e. The number of hydrogen-bond acceptors (Lipinski definition) is 2. The summed E-state index contributed by atoms with van der Waals surface area (Å²) in [6, 6.07) is 7.56. The van der Waals surface area contributed by atoms with Crippen molar-refractivity contribution in [3.63, 3.8) is 0 Å². The van der Waals surface area contributed by atoms with E-state index in [1.165, 1.54) is 12.8 Å². The van der Waals surface area contributed by atoms with E-state index in [9.17, 15) is 0 Å². The first-order valence-corrected chi connectivity index (χ1v) is 6.45. The fourth-order valence-electron chi connectivity index (χ4n) is 1.57. The highest BCUT2D eigenvalue weighted by molar-refractivity contribution is 9.10. The number of rotatable bonds is 4. The van der Waals surface area contributed by atoms with Gasteiger partial charge in [-0.25, -0.2) is 0 Å². The quantitative estimate of drug-likeness (QED) is 0.921. The molecule has 2 nitrogen and oxygen atoms in total. The van der Waals surface area contributed by atoms with Crippen molar-refractivity contribution in [1.29, 1.82) is 5.26 Å². The van der Waals surface area contributed by atoms with Crippen molar-refractivity contribution in [3.8, 4) is 6.07 Å². The minimum absolute atomic E-state index is 0.304. The molecule has 1 aromatic carbocycles. The van der Waals surface area contributed by atoms with Crippen molar-refractivity contribution in [2.75, 3.05) is 6.54 Å². The molecule has 0 bridgehead atoms. The number of nitrogens with zero attached hydrogens (tertiary/aromatic N) is 1. The van der Waals surface area contributed by atoms with Crippen LogP contribution < -0.4 is 5.32 Å². The first-order chi connectivity index (χ1) is 7.70. The second kappa shape index (κ2) is 5.18. The van der Waals surface area contributed by atoms with Crippen molar-refractivity contribution in [1.82, 2.24) is 5.32 Å². The third-order valence-corrected chi connectivity index (χ3v) is 3.53. The third kappa shape index (κ3) is 2.98. The smallest absolute Gasteiger partial charge is 0.122 e. The molecule has 1 saturated carbocycles. The number of nitriles is 1. The fourth-order valence-corrected chi connectivity index (χ4v) is 2.35. The molecule has 0 aromatic heterocycles. The van der Waals surface area contributed by atoms with Crippen LogP contribution in [0.3, 0.4) is 0 Å². The molecule has 1 aliphatic carbocycles. The molecule has 84 valence electrons. The Morgan fingerprint density at radius 3 is 2.88 bits per heavy atom. The number of nitrogens with one attached hydrogen (secondary N) is 1. The molecule has 1 unspecified atom stereocenters. The molecule has 0 saturated heterocycles. The standard InChI is InChI=1S/C12H12BrClN2/c13-9-3-4-10(11(14)5-9)12(6-15)16-7-8-1-2-8/h3-5,8,12,16H,1-2,7H2. The second-order valence-corrected chi connectivity index (χ2v) is 5.40. The summed E-state index contributed by atoms with van der Waals surface area (Å²) in [6.45, 7) is 0.907. The van der Waals surface area contributed by atoms with Crippen LogP contribution in [0.2, 0.25) is 5.02 Å². The molecule has 1 fully saturated rings. The van der Waals surface area contributed by atoms with E-state index >= 15 is 0 Å². The fraction of sp³-hybridized carbons (Fsp3) is 0.417. The summed E-state index contributed by atoms with van der Waals surface area (Å²) in [7, 11) is 0. The largest absolute Gasteiger partial charge is 0.298 e. The zero-order valence-electron chi connectivity index (χ0n) is 8.71. The Morgan fingerprint density at radius 2 is 2.31 bits per heavy atom. The third-order valence-electron chi connectivity index (χ3n) is 2.71. The zero-order chi connectivity index (χ0) is 11.5. The molecule has 1 atom stereocenters. The zero-order valence-corrected chi connectivity index (χ0v) is 11.1. The van der Waals surface area contributed by atoms with E-state index in [4.69, 9.17) is 16.9 Å². The van der Waals surface area contributed by atoms with Crippen LogP contribution in [0.15, 0.2) is 22.7 Å². The molecule has 1 aromatic rings. The van der Waals surface area contributed by atoms with Crippen LogP contribution in [-0.4, -0.2) is 6.54 Å². The minimum atomic E-state index is -0.304. The van der Waals surface area contributed by atoms with Gasteiger partial charge in [-0.2, -0.15) is 5.26 Å². The lowest BCUT2D eigenvalue weighted by molar-refractivity contribution is 0.593. The van der Waals surface area contributed by atoms with Gasteiger partial charge in [0.05, 0.1) is 6.07 Å². The highest BCUT2D eigenvalue weighted by Gasteiger charge is 2.23. The molecular formula is C12H12BrClN2. The molecule has 0 heterocycles. The summed E-state index contributed by atoms with van der Waals surface area (Å²) in [5.41, 5.74) is 0.855. The SMILES string of the molecule is N#CC(NCC1CC1)c1ccc(Br)cc1Cl. The maximum Gasteiger partial charge on any atom is 0.122 e. The highest BCUT2D eigenvalue weighted by Crippen LogP contribution is 2.30. The summed E-state index contributed by atoms with van der Waals surface area (Å²) < 4.78 is 0.931. The van der Waals surface area contributed by atoms with Crippen molar-refractivity contribution < 1.29 is 0 Å². The van der Waals surface area contributed by atoms with Gasteiger partial charge in [-0.3, -0.25) is 5.32 Å². The van der Waals surface area contributed by atoms with Crippen molar-refractivity contribution >= 4 is 27.5 Å². The second-order valence-electron chi connectivity index (χ2n) is 4.08. The maximum atomic E-state index is 9.12. The Kier molecular flexibility index (Phi) is 3.86. The van der Waals surface area contributed by atoms with Crippen LogP contribution >= 0.6 is 27.5 Å². The summed E-state index contributed by atoms with van der Waals surface area (Å²) in [6.07, 6.45) is 2.55. The van der Waals surface area contributed by atoms with E-state index in [1.807, 2.05) is 18.2 Å². The van der Waals surface area contributed by atoms with Gasteiger partial charge in [0.2, 0.25) is 0 Å². The van der Waals surface area contributed by atoms with Gasteiger partial charge in [-0.15, -0.1) is 0 Å². The van der Waals surface area contributed by atoms with E-state index in [0.29, 0.717) is 5.02 Å². The van der Waals surface area contributed by atoms with Gasteiger partial charge in [0.1, 0.15) is 6.04 Å². The van der Waals surface area contributed by atoms with Crippen LogP contribution in [0.25, 0.3) is 0 Å². The molecule has 0 aliphatic heterocycles. The monoisotopic (exact) mass is 298 g/mol. The summed E-state index contributed by atoms with van der Waals surface area (Å²) in [5.74, 6) is 0.755. The normalized spacial score (nSPS) is 16.8.